The van der Waals surface area contributed by atoms with Gasteiger partial charge in [-0.3, -0.25) is 4.79 Å². The van der Waals surface area contributed by atoms with Crippen molar-refractivity contribution >= 4 is 38.9 Å². The van der Waals surface area contributed by atoms with Gasteiger partial charge in [0.25, 0.3) is 5.91 Å². The summed E-state index contributed by atoms with van der Waals surface area (Å²) in [5.41, 5.74) is -0.0243. The topological polar surface area (TPSA) is 67.3 Å². The summed E-state index contributed by atoms with van der Waals surface area (Å²) in [5.74, 6) is 1.80. The van der Waals surface area contributed by atoms with E-state index in [1.807, 2.05) is 0 Å². The molecule has 2 heterocycles. The third-order valence-electron chi connectivity index (χ3n) is 3.19. The van der Waals surface area contributed by atoms with Gasteiger partial charge in [0.1, 0.15) is 10.8 Å². The molecular weight excluding hydrogens is 335 g/mol. The van der Waals surface area contributed by atoms with Crippen molar-refractivity contribution in [1.29, 1.82) is 0 Å². The molecule has 0 bridgehead atoms. The molecule has 1 atom stereocenters. The highest BCUT2D eigenvalue weighted by atomic mass is 35.5. The van der Waals surface area contributed by atoms with Crippen LogP contribution in [0.15, 0.2) is 12.1 Å². The third-order valence-corrected chi connectivity index (χ3v) is 5.45. The van der Waals surface area contributed by atoms with Crippen LogP contribution in [0.5, 0.6) is 0 Å². The lowest BCUT2D eigenvalue weighted by molar-refractivity contribution is 0.0718. The lowest BCUT2D eigenvalue weighted by Crippen LogP contribution is -2.41. The third kappa shape index (κ3) is 3.67. The van der Waals surface area contributed by atoms with Crippen LogP contribution in [0.25, 0.3) is 0 Å². The van der Waals surface area contributed by atoms with E-state index in [0.29, 0.717) is 6.42 Å². The standard InChI is InChI=1S/C13H12Cl2N2O3S/c1-2-6-17(9-5-7-21(19,20)8-9)13(18)12-10(14)3-4-11(15)16-12/h1,3-4,9H,5-8H2. The second kappa shape index (κ2) is 6.22. The number of pyridine rings is 1. The normalized spacial score (nSPS) is 20.0. The average molecular weight is 347 g/mol. The minimum absolute atomic E-state index is 0.0104. The lowest BCUT2D eigenvalue weighted by atomic mass is 10.2. The molecule has 1 unspecified atom stereocenters. The Morgan fingerprint density at radius 1 is 1.48 bits per heavy atom. The van der Waals surface area contributed by atoms with Crippen LogP contribution in [0.3, 0.4) is 0 Å². The average Bonchev–Trinajstić information content (AvgIpc) is 2.78. The summed E-state index contributed by atoms with van der Waals surface area (Å²) in [6.45, 7) is -0.0104. The van der Waals surface area contributed by atoms with E-state index in [4.69, 9.17) is 29.6 Å². The molecule has 2 rings (SSSR count). The summed E-state index contributed by atoms with van der Waals surface area (Å²) in [6.07, 6.45) is 5.63. The number of hydrogen-bond donors (Lipinski definition) is 0. The summed E-state index contributed by atoms with van der Waals surface area (Å²) in [6, 6.07) is 2.46. The van der Waals surface area contributed by atoms with Crippen LogP contribution < -0.4 is 0 Å². The largest absolute Gasteiger partial charge is 0.322 e. The molecule has 1 amide bonds. The maximum absolute atomic E-state index is 12.5. The van der Waals surface area contributed by atoms with Crippen molar-refractivity contribution in [3.63, 3.8) is 0 Å². The minimum atomic E-state index is -3.13. The highest BCUT2D eigenvalue weighted by Gasteiger charge is 2.35. The van der Waals surface area contributed by atoms with Gasteiger partial charge in [0.05, 0.1) is 23.1 Å². The van der Waals surface area contributed by atoms with E-state index in [9.17, 15) is 13.2 Å². The molecule has 5 nitrogen and oxygen atoms in total. The molecule has 8 heteroatoms. The molecule has 112 valence electrons. The molecular formula is C13H12Cl2N2O3S. The van der Waals surface area contributed by atoms with Gasteiger partial charge in [-0.15, -0.1) is 6.42 Å². The number of carbonyl (C=O) groups is 1. The first kappa shape index (κ1) is 16.1. The van der Waals surface area contributed by atoms with Crippen molar-refractivity contribution in [2.45, 2.75) is 12.5 Å². The number of sulfone groups is 1. The number of terminal acetylenes is 1. The maximum Gasteiger partial charge on any atom is 0.275 e. The second-order valence-electron chi connectivity index (χ2n) is 4.66. The van der Waals surface area contributed by atoms with E-state index in [2.05, 4.69) is 10.9 Å². The number of carbonyl (C=O) groups excluding carboxylic acids is 1. The van der Waals surface area contributed by atoms with Crippen LogP contribution in [0.1, 0.15) is 16.9 Å². The van der Waals surface area contributed by atoms with E-state index >= 15 is 0 Å². The Hall–Kier alpha value is -1.29. The van der Waals surface area contributed by atoms with Crippen molar-refractivity contribution in [3.8, 4) is 12.3 Å². The summed E-state index contributed by atoms with van der Waals surface area (Å²) >= 11 is 11.7. The molecule has 0 radical (unpaired) electrons. The Morgan fingerprint density at radius 3 is 2.76 bits per heavy atom. The van der Waals surface area contributed by atoms with Gasteiger partial charge in [-0.25, -0.2) is 13.4 Å². The molecule has 21 heavy (non-hydrogen) atoms. The fourth-order valence-corrected chi connectivity index (χ4v) is 4.25. The molecule has 1 aliphatic heterocycles. The predicted octanol–water partition coefficient (Wildman–Crippen LogP) is 1.65. The molecule has 0 aromatic carbocycles. The number of hydrogen-bond acceptors (Lipinski definition) is 4. The van der Waals surface area contributed by atoms with Crippen LogP contribution in [-0.4, -0.2) is 48.3 Å². The number of nitrogens with zero attached hydrogens (tertiary/aromatic N) is 2. The van der Waals surface area contributed by atoms with E-state index < -0.39 is 21.8 Å². The van der Waals surface area contributed by atoms with Crippen molar-refractivity contribution in [3.05, 3.63) is 28.0 Å². The highest BCUT2D eigenvalue weighted by molar-refractivity contribution is 7.91. The predicted molar refractivity (Wildman–Crippen MR) is 81.2 cm³/mol. The van der Waals surface area contributed by atoms with Crippen LogP contribution in [0, 0.1) is 12.3 Å². The molecule has 0 N–H and O–H groups in total. The first-order valence-electron chi connectivity index (χ1n) is 6.11. The molecule has 1 saturated heterocycles. The second-order valence-corrected chi connectivity index (χ2v) is 7.68. The van der Waals surface area contributed by atoms with Crippen LogP contribution in [0.2, 0.25) is 10.2 Å². The van der Waals surface area contributed by atoms with Crippen LogP contribution in [-0.2, 0) is 9.84 Å². The maximum atomic E-state index is 12.5. The molecule has 1 aromatic rings. The van der Waals surface area contributed by atoms with Gasteiger partial charge in [0.15, 0.2) is 9.84 Å². The van der Waals surface area contributed by atoms with Gasteiger partial charge in [-0.1, -0.05) is 29.1 Å². The molecule has 1 fully saturated rings. The Labute approximate surface area is 133 Å². The van der Waals surface area contributed by atoms with Crippen molar-refractivity contribution in [2.24, 2.45) is 0 Å². The van der Waals surface area contributed by atoms with Crippen molar-refractivity contribution in [2.75, 3.05) is 18.1 Å². The number of halogens is 2. The van der Waals surface area contributed by atoms with Gasteiger partial charge in [0.2, 0.25) is 0 Å². The SMILES string of the molecule is C#CCN(C(=O)c1nc(Cl)ccc1Cl)C1CCS(=O)(=O)C1. The monoisotopic (exact) mass is 346 g/mol. The van der Waals surface area contributed by atoms with Crippen LogP contribution in [0.4, 0.5) is 0 Å². The fraction of sp³-hybridized carbons (Fsp3) is 0.385. The van der Waals surface area contributed by atoms with Gasteiger partial charge in [0, 0.05) is 6.04 Å². The van der Waals surface area contributed by atoms with Gasteiger partial charge < -0.3 is 4.90 Å². The Morgan fingerprint density at radius 2 is 2.19 bits per heavy atom. The van der Waals surface area contributed by atoms with E-state index in [1.165, 1.54) is 17.0 Å². The van der Waals surface area contributed by atoms with Crippen molar-refractivity contribution in [1.82, 2.24) is 9.88 Å². The quantitative estimate of drug-likeness (QED) is 0.616. The summed E-state index contributed by atoms with van der Waals surface area (Å²) in [7, 11) is -3.13. The Balaban J connectivity index is 2.32. The molecule has 0 saturated carbocycles. The zero-order valence-corrected chi connectivity index (χ0v) is 13.2. The van der Waals surface area contributed by atoms with Gasteiger partial charge in [-0.05, 0) is 18.6 Å². The van der Waals surface area contributed by atoms with Crippen molar-refractivity contribution < 1.29 is 13.2 Å². The zero-order valence-electron chi connectivity index (χ0n) is 10.9. The lowest BCUT2D eigenvalue weighted by Gasteiger charge is -2.26. The molecule has 0 aliphatic carbocycles. The number of rotatable bonds is 3. The van der Waals surface area contributed by atoms with E-state index in [1.54, 1.807) is 0 Å². The summed E-state index contributed by atoms with van der Waals surface area (Å²) < 4.78 is 23.2. The van der Waals surface area contributed by atoms with E-state index in [0.717, 1.165) is 0 Å². The van der Waals surface area contributed by atoms with Crippen LogP contribution >= 0.6 is 23.2 Å². The highest BCUT2D eigenvalue weighted by Crippen LogP contribution is 2.23. The molecule has 0 spiro atoms. The molecule has 1 aliphatic rings. The fourth-order valence-electron chi connectivity index (χ4n) is 2.19. The summed E-state index contributed by atoms with van der Waals surface area (Å²) in [4.78, 5) is 17.8. The smallest absolute Gasteiger partial charge is 0.275 e. The number of amides is 1. The Kier molecular flexibility index (Phi) is 4.77. The molecule has 1 aromatic heterocycles. The first-order valence-corrected chi connectivity index (χ1v) is 8.68. The van der Waals surface area contributed by atoms with E-state index in [-0.39, 0.29) is 33.9 Å². The van der Waals surface area contributed by atoms with Gasteiger partial charge in [-0.2, -0.15) is 0 Å². The summed E-state index contributed by atoms with van der Waals surface area (Å²) in [5, 5.41) is 0.273. The first-order chi connectivity index (χ1) is 9.84. The Bertz CT molecular complexity index is 713. The number of aromatic nitrogens is 1. The zero-order chi connectivity index (χ0) is 15.6. The minimum Gasteiger partial charge on any atom is -0.322 e. The van der Waals surface area contributed by atoms with Gasteiger partial charge >= 0.3 is 0 Å².